The van der Waals surface area contributed by atoms with E-state index in [1.54, 1.807) is 30.3 Å². The minimum Gasteiger partial charge on any atom is -0.324 e. The van der Waals surface area contributed by atoms with Gasteiger partial charge >= 0.3 is 6.03 Å². The molecule has 174 valence electrons. The predicted molar refractivity (Wildman–Crippen MR) is 137 cm³/mol. The minimum atomic E-state index is -0.433. The number of aromatic nitrogens is 5. The van der Waals surface area contributed by atoms with E-state index in [0.717, 1.165) is 11.4 Å². The van der Waals surface area contributed by atoms with Crippen molar-refractivity contribution in [2.24, 2.45) is 0 Å². The molecule has 4 rings (SSSR count). The van der Waals surface area contributed by atoms with E-state index in [4.69, 9.17) is 0 Å². The van der Waals surface area contributed by atoms with Crippen molar-refractivity contribution in [3.63, 3.8) is 0 Å². The molecule has 0 aliphatic rings. The van der Waals surface area contributed by atoms with Gasteiger partial charge < -0.3 is 21.3 Å². The van der Waals surface area contributed by atoms with Crippen LogP contribution in [-0.4, -0.2) is 31.2 Å². The molecule has 34 heavy (non-hydrogen) atoms. The van der Waals surface area contributed by atoms with Crippen LogP contribution in [0.4, 0.5) is 44.0 Å². The van der Waals surface area contributed by atoms with E-state index in [1.807, 2.05) is 42.5 Å². The molecule has 0 radical (unpaired) electrons. The summed E-state index contributed by atoms with van der Waals surface area (Å²) in [7, 11) is 0. The fraction of sp³-hybridized carbons (Fsp3) is 0.136. The molecule has 4 aromatic rings. The number of amides is 2. The number of nitrogens with one attached hydrogen (secondary N) is 5. The Bertz CT molecular complexity index is 1310. The Labute approximate surface area is 208 Å². The van der Waals surface area contributed by atoms with Gasteiger partial charge in [0.25, 0.3) is 0 Å². The number of urea groups is 1. The van der Waals surface area contributed by atoms with Gasteiger partial charge in [0.15, 0.2) is 5.82 Å². The number of carbonyl (C=O) groups is 1. The fourth-order valence-corrected chi connectivity index (χ4v) is 3.43. The van der Waals surface area contributed by atoms with Crippen molar-refractivity contribution in [1.29, 1.82) is 0 Å². The number of aromatic amines is 1. The predicted octanol–water partition coefficient (Wildman–Crippen LogP) is 5.34. The number of aryl methyl sites for hydroxylation is 2. The van der Waals surface area contributed by atoms with Gasteiger partial charge in [-0.3, -0.25) is 5.10 Å². The summed E-state index contributed by atoms with van der Waals surface area (Å²) in [5.74, 6) is 1.66. The summed E-state index contributed by atoms with van der Waals surface area (Å²) in [4.78, 5) is 25.4. The molecule has 0 atom stereocenters. The van der Waals surface area contributed by atoms with Gasteiger partial charge in [0, 0.05) is 35.2 Å². The molecule has 0 bridgehead atoms. The van der Waals surface area contributed by atoms with Crippen molar-refractivity contribution in [2.75, 3.05) is 21.3 Å². The smallest absolute Gasteiger partial charge is 0.323 e. The van der Waals surface area contributed by atoms with Gasteiger partial charge in [-0.25, -0.2) is 9.18 Å². The summed E-state index contributed by atoms with van der Waals surface area (Å²) < 4.78 is 13.8. The molecule has 0 aliphatic heterocycles. The van der Waals surface area contributed by atoms with Crippen molar-refractivity contribution in [3.05, 3.63) is 69.4 Å². The molecular weight excluding hydrogens is 552 g/mol. The molecule has 2 aromatic heterocycles. The lowest BCUT2D eigenvalue weighted by molar-refractivity contribution is 0.262. The Kier molecular flexibility index (Phi) is 7.15. The Hall–Kier alpha value is -3.81. The molecule has 0 fully saturated rings. The van der Waals surface area contributed by atoms with Gasteiger partial charge in [0.05, 0.1) is 3.57 Å². The van der Waals surface area contributed by atoms with Crippen LogP contribution in [0.3, 0.4) is 0 Å². The molecule has 0 spiro atoms. The zero-order valence-electron chi connectivity index (χ0n) is 18.3. The monoisotopic (exact) mass is 573 g/mol. The third-order valence-corrected chi connectivity index (χ3v) is 5.35. The standard InChI is InChI=1S/C22H21FIN9O/c1-3-18-28-20(31-21(29-18)30-19-10-12(2)32-33-19)25-13-4-6-14(7-5-13)26-22(34)27-15-8-9-16(23)17(24)11-15/h4-11H,3H2,1-2H3,(H2,26,27,34)(H3,25,28,29,30,31,32,33). The Morgan fingerprint density at radius 3 is 2.24 bits per heavy atom. The van der Waals surface area contributed by atoms with Gasteiger partial charge in [-0.1, -0.05) is 6.92 Å². The normalized spacial score (nSPS) is 10.6. The average molecular weight is 573 g/mol. The van der Waals surface area contributed by atoms with Crippen LogP contribution in [0.2, 0.25) is 0 Å². The number of rotatable bonds is 7. The summed E-state index contributed by atoms with van der Waals surface area (Å²) in [5.41, 5.74) is 2.73. The topological polar surface area (TPSA) is 133 Å². The lowest BCUT2D eigenvalue weighted by Gasteiger charge is -2.11. The lowest BCUT2D eigenvalue weighted by atomic mass is 10.3. The van der Waals surface area contributed by atoms with E-state index < -0.39 is 6.03 Å². The largest absolute Gasteiger partial charge is 0.324 e. The molecule has 0 saturated heterocycles. The highest BCUT2D eigenvalue weighted by molar-refractivity contribution is 14.1. The van der Waals surface area contributed by atoms with Crippen molar-refractivity contribution < 1.29 is 9.18 Å². The first kappa shape index (κ1) is 23.4. The second-order valence-corrected chi connectivity index (χ2v) is 8.39. The number of halogens is 2. The lowest BCUT2D eigenvalue weighted by Crippen LogP contribution is -2.19. The molecule has 0 unspecified atom stereocenters. The number of anilines is 6. The number of benzene rings is 2. The Morgan fingerprint density at radius 2 is 1.59 bits per heavy atom. The van der Waals surface area contributed by atoms with Gasteiger partial charge in [-0.05, 0) is 72.0 Å². The highest BCUT2D eigenvalue weighted by Crippen LogP contribution is 2.20. The van der Waals surface area contributed by atoms with E-state index in [9.17, 15) is 9.18 Å². The number of carbonyl (C=O) groups excluding carboxylic acids is 1. The summed E-state index contributed by atoms with van der Waals surface area (Å²) in [6, 6.07) is 12.8. The van der Waals surface area contributed by atoms with Gasteiger partial charge in [-0.15, -0.1) is 0 Å². The van der Waals surface area contributed by atoms with Crippen LogP contribution in [0.15, 0.2) is 48.5 Å². The highest BCUT2D eigenvalue weighted by atomic mass is 127. The van der Waals surface area contributed by atoms with Crippen LogP contribution in [0, 0.1) is 16.3 Å². The van der Waals surface area contributed by atoms with E-state index in [2.05, 4.69) is 46.4 Å². The van der Waals surface area contributed by atoms with Gasteiger partial charge in [-0.2, -0.15) is 20.1 Å². The van der Waals surface area contributed by atoms with Crippen molar-refractivity contribution >= 4 is 63.4 Å². The molecule has 0 aliphatic carbocycles. The summed E-state index contributed by atoms with van der Waals surface area (Å²) in [6.45, 7) is 3.86. The van der Waals surface area contributed by atoms with Crippen LogP contribution < -0.4 is 21.3 Å². The third-order valence-electron chi connectivity index (χ3n) is 4.52. The minimum absolute atomic E-state index is 0.335. The average Bonchev–Trinajstić information content (AvgIpc) is 3.21. The SMILES string of the molecule is CCc1nc(Nc2ccc(NC(=O)Nc3ccc(F)c(I)c3)cc2)nc(Nc2cc(C)[nH]n2)n1. The molecule has 2 amide bonds. The maximum Gasteiger partial charge on any atom is 0.323 e. The maximum absolute atomic E-state index is 13.4. The zero-order chi connectivity index (χ0) is 24.1. The first-order chi connectivity index (χ1) is 16.4. The molecule has 10 nitrogen and oxygen atoms in total. The molecule has 5 N–H and O–H groups in total. The van der Waals surface area contributed by atoms with Crippen LogP contribution in [0.5, 0.6) is 0 Å². The summed E-state index contributed by atoms with van der Waals surface area (Å²) >= 11 is 1.87. The molecule has 0 saturated carbocycles. The van der Waals surface area contributed by atoms with Crippen LogP contribution >= 0.6 is 22.6 Å². The molecule has 2 aromatic carbocycles. The maximum atomic E-state index is 13.4. The van der Waals surface area contributed by atoms with Crippen molar-refractivity contribution in [1.82, 2.24) is 25.1 Å². The Balaban J connectivity index is 1.40. The summed E-state index contributed by atoms with van der Waals surface area (Å²) in [6.07, 6.45) is 0.635. The van der Waals surface area contributed by atoms with Crippen molar-refractivity contribution in [3.8, 4) is 0 Å². The van der Waals surface area contributed by atoms with Crippen molar-refractivity contribution in [2.45, 2.75) is 20.3 Å². The van der Waals surface area contributed by atoms with E-state index in [0.29, 0.717) is 44.9 Å². The number of hydrogen-bond donors (Lipinski definition) is 5. The van der Waals surface area contributed by atoms with Gasteiger partial charge in [0.1, 0.15) is 11.6 Å². The fourth-order valence-electron chi connectivity index (χ4n) is 2.92. The highest BCUT2D eigenvalue weighted by Gasteiger charge is 2.09. The zero-order valence-corrected chi connectivity index (χ0v) is 20.4. The molecule has 2 heterocycles. The molecular formula is C22H21FIN9O. The van der Waals surface area contributed by atoms with Crippen LogP contribution in [-0.2, 0) is 6.42 Å². The first-order valence-corrected chi connectivity index (χ1v) is 11.4. The summed E-state index contributed by atoms with van der Waals surface area (Å²) in [5, 5.41) is 18.6. The van der Waals surface area contributed by atoms with Crippen LogP contribution in [0.1, 0.15) is 18.4 Å². The number of H-pyrrole nitrogens is 1. The Morgan fingerprint density at radius 1 is 0.941 bits per heavy atom. The van der Waals surface area contributed by atoms with E-state index >= 15 is 0 Å². The second-order valence-electron chi connectivity index (χ2n) is 7.22. The van der Waals surface area contributed by atoms with E-state index in [1.165, 1.54) is 12.1 Å². The number of nitrogens with zero attached hydrogens (tertiary/aromatic N) is 4. The van der Waals surface area contributed by atoms with Gasteiger partial charge in [0.2, 0.25) is 11.9 Å². The van der Waals surface area contributed by atoms with E-state index in [-0.39, 0.29) is 5.82 Å². The van der Waals surface area contributed by atoms with Crippen LogP contribution in [0.25, 0.3) is 0 Å². The number of hydrogen-bond acceptors (Lipinski definition) is 7. The first-order valence-electron chi connectivity index (χ1n) is 10.3. The molecule has 12 heteroatoms. The quantitative estimate of drug-likeness (QED) is 0.189. The second kappa shape index (κ2) is 10.4. The third kappa shape index (κ3) is 6.15.